The number of hydrazine groups is 1. The fourth-order valence-electron chi connectivity index (χ4n) is 4.69. The Morgan fingerprint density at radius 2 is 1.55 bits per heavy atom. The second kappa shape index (κ2) is 5.49. The highest BCUT2D eigenvalue weighted by Crippen LogP contribution is 2.42. The van der Waals surface area contributed by atoms with Gasteiger partial charge in [0.1, 0.15) is 5.41 Å². The summed E-state index contributed by atoms with van der Waals surface area (Å²) in [5.41, 5.74) is -0.770. The molecule has 1 N–H and O–H groups in total. The number of amides is 2. The number of likely N-dealkylation sites (tertiary alicyclic amines) is 1. The topological polar surface area (TPSA) is 55.9 Å². The van der Waals surface area contributed by atoms with Gasteiger partial charge in [-0.15, -0.1) is 0 Å². The zero-order valence-electron chi connectivity index (χ0n) is 13.2. The molecule has 0 unspecified atom stereocenters. The predicted octanol–water partition coefficient (Wildman–Crippen LogP) is 0.200. The molecule has 1 spiro atoms. The minimum Gasteiger partial charge on any atom is -0.317 e. The molecule has 4 heterocycles. The molecule has 122 valence electrons. The average molecular weight is 306 g/mol. The van der Waals surface area contributed by atoms with Crippen LogP contribution in [0.25, 0.3) is 0 Å². The predicted molar refractivity (Wildman–Crippen MR) is 81.8 cm³/mol. The molecule has 0 saturated carbocycles. The maximum absolute atomic E-state index is 13.0. The number of fused-ring (bicyclic) bond motifs is 1. The van der Waals surface area contributed by atoms with Crippen molar-refractivity contribution in [2.75, 3.05) is 39.3 Å². The van der Waals surface area contributed by atoms with E-state index in [-0.39, 0.29) is 11.8 Å². The van der Waals surface area contributed by atoms with Crippen molar-refractivity contribution in [3.63, 3.8) is 0 Å². The molecule has 0 bridgehead atoms. The number of carbonyl (C=O) groups is 2. The lowest BCUT2D eigenvalue weighted by Gasteiger charge is -2.42. The van der Waals surface area contributed by atoms with Crippen molar-refractivity contribution in [3.8, 4) is 0 Å². The second-order valence-corrected chi connectivity index (χ2v) is 7.20. The van der Waals surface area contributed by atoms with Crippen LogP contribution in [0.2, 0.25) is 0 Å². The fourth-order valence-corrected chi connectivity index (χ4v) is 4.69. The molecule has 0 aliphatic carbocycles. The Morgan fingerprint density at radius 1 is 0.909 bits per heavy atom. The van der Waals surface area contributed by atoms with Gasteiger partial charge in [0.15, 0.2) is 0 Å². The van der Waals surface area contributed by atoms with Crippen molar-refractivity contribution in [2.24, 2.45) is 5.41 Å². The van der Waals surface area contributed by atoms with Gasteiger partial charge in [0.25, 0.3) is 11.8 Å². The lowest BCUT2D eigenvalue weighted by Crippen LogP contribution is -2.55. The van der Waals surface area contributed by atoms with Gasteiger partial charge in [-0.3, -0.25) is 24.5 Å². The maximum atomic E-state index is 13.0. The van der Waals surface area contributed by atoms with Crippen molar-refractivity contribution in [1.82, 2.24) is 20.2 Å². The molecule has 4 saturated heterocycles. The number of rotatable bonds is 1. The lowest BCUT2D eigenvalue weighted by molar-refractivity contribution is -0.150. The molecule has 4 rings (SSSR count). The summed E-state index contributed by atoms with van der Waals surface area (Å²) in [6.45, 7) is 5.22. The van der Waals surface area contributed by atoms with E-state index in [0.717, 1.165) is 71.2 Å². The Morgan fingerprint density at radius 3 is 2.18 bits per heavy atom. The quantitative estimate of drug-likeness (QED) is 0.703. The Hall–Kier alpha value is -1.14. The molecule has 0 aromatic rings. The Balaban J connectivity index is 1.57. The third-order valence-corrected chi connectivity index (χ3v) is 5.92. The standard InChI is InChI=1S/C16H26N4O2/c21-14-16(15(22)20-11-2-1-10-19(14)20)6-3-9-18(12-16)13-4-7-17-8-5-13/h13,17H,1-12H2. The smallest absolute Gasteiger partial charge is 0.258 e. The Labute approximate surface area is 131 Å². The summed E-state index contributed by atoms with van der Waals surface area (Å²) >= 11 is 0. The van der Waals surface area contributed by atoms with Gasteiger partial charge in [0.05, 0.1) is 0 Å². The van der Waals surface area contributed by atoms with Crippen molar-refractivity contribution in [1.29, 1.82) is 0 Å². The van der Waals surface area contributed by atoms with Gasteiger partial charge in [-0.25, -0.2) is 0 Å². The van der Waals surface area contributed by atoms with Gasteiger partial charge < -0.3 is 5.32 Å². The minimum absolute atomic E-state index is 0.0795. The molecule has 0 aromatic carbocycles. The maximum Gasteiger partial charge on any atom is 0.258 e. The van der Waals surface area contributed by atoms with Crippen LogP contribution in [-0.2, 0) is 9.59 Å². The van der Waals surface area contributed by atoms with Crippen LogP contribution in [0.1, 0.15) is 38.5 Å². The highest BCUT2D eigenvalue weighted by Gasteiger charge is 2.60. The van der Waals surface area contributed by atoms with E-state index in [0.29, 0.717) is 12.6 Å². The van der Waals surface area contributed by atoms with E-state index in [1.807, 2.05) is 0 Å². The highest BCUT2D eigenvalue weighted by molar-refractivity contribution is 6.10. The van der Waals surface area contributed by atoms with Crippen molar-refractivity contribution in [3.05, 3.63) is 0 Å². The SMILES string of the molecule is O=C1N2CCCCN2C(=O)C12CCCN(C1CCNCC1)C2. The lowest BCUT2D eigenvalue weighted by atomic mass is 9.78. The molecule has 0 atom stereocenters. The first-order chi connectivity index (χ1) is 10.7. The van der Waals surface area contributed by atoms with Gasteiger partial charge in [-0.2, -0.15) is 0 Å². The number of piperidine rings is 2. The van der Waals surface area contributed by atoms with Crippen LogP contribution < -0.4 is 5.32 Å². The molecule has 0 radical (unpaired) electrons. The molecule has 2 amide bonds. The Kier molecular flexibility index (Phi) is 3.61. The van der Waals surface area contributed by atoms with Crippen LogP contribution in [0.5, 0.6) is 0 Å². The second-order valence-electron chi connectivity index (χ2n) is 7.20. The monoisotopic (exact) mass is 306 g/mol. The first-order valence-electron chi connectivity index (χ1n) is 8.81. The van der Waals surface area contributed by atoms with Gasteiger partial charge >= 0.3 is 0 Å². The van der Waals surface area contributed by atoms with Crippen LogP contribution >= 0.6 is 0 Å². The summed E-state index contributed by atoms with van der Waals surface area (Å²) < 4.78 is 0. The fraction of sp³-hybridized carbons (Fsp3) is 0.875. The van der Waals surface area contributed by atoms with E-state index in [1.54, 1.807) is 10.0 Å². The number of hydrogen-bond donors (Lipinski definition) is 1. The van der Waals surface area contributed by atoms with Gasteiger partial charge in [-0.1, -0.05) is 0 Å². The first-order valence-corrected chi connectivity index (χ1v) is 8.81. The molecule has 4 aliphatic heterocycles. The van der Waals surface area contributed by atoms with E-state index in [4.69, 9.17) is 0 Å². The number of hydrogen-bond acceptors (Lipinski definition) is 4. The summed E-state index contributed by atoms with van der Waals surface area (Å²) in [6.07, 6.45) is 5.99. The molecule has 0 aromatic heterocycles. The van der Waals surface area contributed by atoms with E-state index >= 15 is 0 Å². The molecular formula is C16H26N4O2. The van der Waals surface area contributed by atoms with Crippen LogP contribution in [0.15, 0.2) is 0 Å². The average Bonchev–Trinajstić information content (AvgIpc) is 2.79. The minimum atomic E-state index is -0.770. The highest BCUT2D eigenvalue weighted by atomic mass is 16.2. The van der Waals surface area contributed by atoms with Crippen molar-refractivity contribution < 1.29 is 9.59 Å². The first kappa shape index (κ1) is 14.5. The Bertz CT molecular complexity index is 451. The summed E-state index contributed by atoms with van der Waals surface area (Å²) in [5, 5.41) is 6.89. The summed E-state index contributed by atoms with van der Waals surface area (Å²) in [4.78, 5) is 28.4. The van der Waals surface area contributed by atoms with Crippen LogP contribution in [0.4, 0.5) is 0 Å². The molecule has 6 heteroatoms. The van der Waals surface area contributed by atoms with E-state index in [2.05, 4.69) is 10.2 Å². The zero-order valence-corrected chi connectivity index (χ0v) is 13.2. The molecule has 4 fully saturated rings. The third kappa shape index (κ3) is 2.07. The summed E-state index contributed by atoms with van der Waals surface area (Å²) in [7, 11) is 0. The molecular weight excluding hydrogens is 280 g/mol. The van der Waals surface area contributed by atoms with Gasteiger partial charge in [-0.05, 0) is 58.2 Å². The summed E-state index contributed by atoms with van der Waals surface area (Å²) in [5.74, 6) is 0.159. The normalized spacial score (nSPS) is 30.2. The van der Waals surface area contributed by atoms with Crippen molar-refractivity contribution in [2.45, 2.75) is 44.6 Å². The van der Waals surface area contributed by atoms with Crippen LogP contribution in [-0.4, -0.2) is 72.0 Å². The van der Waals surface area contributed by atoms with Crippen LogP contribution in [0.3, 0.4) is 0 Å². The van der Waals surface area contributed by atoms with Gasteiger partial charge in [0.2, 0.25) is 0 Å². The van der Waals surface area contributed by atoms with Gasteiger partial charge in [0, 0.05) is 25.7 Å². The molecule has 6 nitrogen and oxygen atoms in total. The van der Waals surface area contributed by atoms with E-state index < -0.39 is 5.41 Å². The number of carbonyl (C=O) groups excluding carboxylic acids is 2. The van der Waals surface area contributed by atoms with E-state index in [9.17, 15) is 9.59 Å². The number of nitrogens with zero attached hydrogens (tertiary/aromatic N) is 3. The summed E-state index contributed by atoms with van der Waals surface area (Å²) in [6, 6.07) is 0.534. The van der Waals surface area contributed by atoms with Crippen molar-refractivity contribution >= 4 is 11.8 Å². The largest absolute Gasteiger partial charge is 0.317 e. The van der Waals surface area contributed by atoms with Crippen LogP contribution in [0, 0.1) is 5.41 Å². The zero-order chi connectivity index (χ0) is 15.2. The van der Waals surface area contributed by atoms with E-state index in [1.165, 1.54) is 0 Å². The molecule has 22 heavy (non-hydrogen) atoms. The number of nitrogens with one attached hydrogen (secondary N) is 1. The molecule has 4 aliphatic rings. The third-order valence-electron chi connectivity index (χ3n) is 5.92.